The number of nitrogens with one attached hydrogen (secondary N) is 2. The Kier molecular flexibility index (Phi) is 9.83. The highest BCUT2D eigenvalue weighted by Gasteiger charge is 2.19. The van der Waals surface area contributed by atoms with E-state index in [4.69, 9.17) is 25.8 Å². The number of halogens is 1. The van der Waals surface area contributed by atoms with Crippen LogP contribution in [0.25, 0.3) is 10.9 Å². The van der Waals surface area contributed by atoms with E-state index in [-0.39, 0.29) is 12.0 Å². The predicted octanol–water partition coefficient (Wildman–Crippen LogP) is 5.82. The van der Waals surface area contributed by atoms with Crippen molar-refractivity contribution < 1.29 is 19.0 Å². The minimum absolute atomic E-state index is 0.0629. The zero-order valence-corrected chi connectivity index (χ0v) is 24.0. The topological polar surface area (TPSA) is 109 Å². The highest BCUT2D eigenvalue weighted by Crippen LogP contribution is 2.38. The molecule has 210 valence electrons. The van der Waals surface area contributed by atoms with Gasteiger partial charge in [-0.15, -0.1) is 0 Å². The molecule has 0 atom stereocenters. The van der Waals surface area contributed by atoms with Crippen LogP contribution in [0, 0.1) is 18.3 Å². The number of carbonyl (C=O) groups is 1. The molecular weight excluding hydrogens is 530 g/mol. The van der Waals surface area contributed by atoms with Crippen molar-refractivity contribution in [2.24, 2.45) is 0 Å². The molecule has 2 heterocycles. The third kappa shape index (κ3) is 7.21. The van der Waals surface area contributed by atoms with Crippen molar-refractivity contribution in [3.8, 4) is 17.6 Å². The molecule has 0 saturated carbocycles. The van der Waals surface area contributed by atoms with Crippen LogP contribution in [0.3, 0.4) is 0 Å². The number of amides is 1. The van der Waals surface area contributed by atoms with E-state index in [0.717, 1.165) is 12.8 Å². The van der Waals surface area contributed by atoms with Crippen LogP contribution in [-0.4, -0.2) is 62.4 Å². The average molecular weight is 564 g/mol. The number of rotatable bonds is 10. The lowest BCUT2D eigenvalue weighted by Gasteiger charge is -2.24. The van der Waals surface area contributed by atoms with Gasteiger partial charge in [0.2, 0.25) is 5.91 Å². The summed E-state index contributed by atoms with van der Waals surface area (Å²) < 4.78 is 17.3. The fourth-order valence-corrected chi connectivity index (χ4v) is 4.62. The molecule has 0 aliphatic carbocycles. The van der Waals surface area contributed by atoms with Gasteiger partial charge in [-0.25, -0.2) is 0 Å². The standard InChI is InChI=1S/C30H34ClN5O4/c1-5-39-28-17-25-22(16-26(28)35-29(37)7-6-12-36(3)4)30(23(18-32)19(2)33-25)34-20-8-9-27(24(31)15-20)40-21-10-13-38-14-11-21/h6-9,15-17,21H,5,10-14H2,1-4H3,(H,33,34)(H,35,37)/b7-6+. The monoisotopic (exact) mass is 563 g/mol. The molecule has 0 radical (unpaired) electrons. The highest BCUT2D eigenvalue weighted by molar-refractivity contribution is 6.32. The van der Waals surface area contributed by atoms with Crippen LogP contribution >= 0.6 is 11.6 Å². The molecule has 1 fully saturated rings. The van der Waals surface area contributed by atoms with E-state index in [9.17, 15) is 10.1 Å². The SMILES string of the molecule is CCOc1cc2nc(C)c(C#N)c(Nc3ccc(OC4CCOCC4)c(Cl)c3)c2cc1NC(=O)/C=C/CN(C)C. The quantitative estimate of drug-likeness (QED) is 0.297. The Morgan fingerprint density at radius 1 is 1.25 bits per heavy atom. The van der Waals surface area contributed by atoms with Gasteiger partial charge in [0.25, 0.3) is 0 Å². The van der Waals surface area contributed by atoms with E-state index in [0.29, 0.717) is 82.1 Å². The Balaban J connectivity index is 1.70. The molecule has 1 aliphatic rings. The summed E-state index contributed by atoms with van der Waals surface area (Å²) in [5, 5.41) is 17.4. The lowest BCUT2D eigenvalue weighted by atomic mass is 10.0. The molecule has 0 unspecified atom stereocenters. The number of ether oxygens (including phenoxy) is 3. The molecule has 10 heteroatoms. The number of pyridine rings is 1. The van der Waals surface area contributed by atoms with E-state index in [2.05, 4.69) is 21.7 Å². The number of nitrogens with zero attached hydrogens (tertiary/aromatic N) is 3. The van der Waals surface area contributed by atoms with Crippen LogP contribution < -0.4 is 20.1 Å². The number of nitriles is 1. The number of carbonyl (C=O) groups excluding carboxylic acids is 1. The van der Waals surface area contributed by atoms with Crippen molar-refractivity contribution in [2.45, 2.75) is 32.8 Å². The van der Waals surface area contributed by atoms with Crippen LogP contribution in [0.15, 0.2) is 42.5 Å². The summed E-state index contributed by atoms with van der Waals surface area (Å²) in [6, 6.07) is 11.3. The maximum absolute atomic E-state index is 12.7. The van der Waals surface area contributed by atoms with Gasteiger partial charge in [0.15, 0.2) is 0 Å². The van der Waals surface area contributed by atoms with Gasteiger partial charge in [0, 0.05) is 42.6 Å². The van der Waals surface area contributed by atoms with Crippen LogP contribution in [0.1, 0.15) is 31.0 Å². The number of hydrogen-bond donors (Lipinski definition) is 2. The highest BCUT2D eigenvalue weighted by atomic mass is 35.5. The lowest BCUT2D eigenvalue weighted by molar-refractivity contribution is -0.111. The minimum Gasteiger partial charge on any atom is -0.492 e. The third-order valence-corrected chi connectivity index (χ3v) is 6.64. The summed E-state index contributed by atoms with van der Waals surface area (Å²) in [6.07, 6.45) is 4.96. The summed E-state index contributed by atoms with van der Waals surface area (Å²) in [7, 11) is 3.85. The van der Waals surface area contributed by atoms with Gasteiger partial charge in [0.1, 0.15) is 23.7 Å². The Labute approximate surface area is 239 Å². The number of anilines is 3. The van der Waals surface area contributed by atoms with Crippen LogP contribution in [0.2, 0.25) is 5.02 Å². The predicted molar refractivity (Wildman–Crippen MR) is 158 cm³/mol. The maximum atomic E-state index is 12.7. The first-order valence-electron chi connectivity index (χ1n) is 13.2. The minimum atomic E-state index is -0.288. The van der Waals surface area contributed by atoms with E-state index < -0.39 is 0 Å². The van der Waals surface area contributed by atoms with Crippen molar-refractivity contribution in [1.82, 2.24) is 9.88 Å². The van der Waals surface area contributed by atoms with Crippen LogP contribution in [0.4, 0.5) is 17.1 Å². The second-order valence-corrected chi connectivity index (χ2v) is 10.1. The first-order chi connectivity index (χ1) is 19.3. The molecular formula is C30H34ClN5O4. The molecule has 2 N–H and O–H groups in total. The number of aromatic nitrogens is 1. The first-order valence-corrected chi connectivity index (χ1v) is 13.6. The number of hydrogen-bond acceptors (Lipinski definition) is 8. The van der Waals surface area contributed by atoms with Gasteiger partial charge in [-0.1, -0.05) is 17.7 Å². The molecule has 0 bridgehead atoms. The fraction of sp³-hybridized carbons (Fsp3) is 0.367. The zero-order chi connectivity index (χ0) is 28.6. The second-order valence-electron chi connectivity index (χ2n) is 9.71. The largest absolute Gasteiger partial charge is 0.492 e. The Hall–Kier alpha value is -3.84. The average Bonchev–Trinajstić information content (AvgIpc) is 2.91. The molecule has 2 aromatic carbocycles. The normalized spacial score (nSPS) is 13.9. The molecule has 3 aromatic rings. The first kappa shape index (κ1) is 29.2. The number of benzene rings is 2. The molecule has 1 aromatic heterocycles. The van der Waals surface area contributed by atoms with Gasteiger partial charge >= 0.3 is 0 Å². The Morgan fingerprint density at radius 2 is 2.02 bits per heavy atom. The van der Waals surface area contributed by atoms with Gasteiger partial charge < -0.3 is 29.7 Å². The van der Waals surface area contributed by atoms with Crippen molar-refractivity contribution in [1.29, 1.82) is 5.26 Å². The lowest BCUT2D eigenvalue weighted by Crippen LogP contribution is -2.25. The zero-order valence-electron chi connectivity index (χ0n) is 23.2. The molecule has 1 saturated heterocycles. The van der Waals surface area contributed by atoms with Gasteiger partial charge in [0.05, 0.1) is 53.0 Å². The summed E-state index contributed by atoms with van der Waals surface area (Å²) >= 11 is 6.59. The van der Waals surface area contributed by atoms with E-state index >= 15 is 0 Å². The molecule has 9 nitrogen and oxygen atoms in total. The van der Waals surface area contributed by atoms with Gasteiger partial charge in [-0.3, -0.25) is 9.78 Å². The summed E-state index contributed by atoms with van der Waals surface area (Å²) in [5.74, 6) is 0.804. The molecule has 4 rings (SSSR count). The molecule has 1 amide bonds. The molecule has 1 aliphatic heterocycles. The third-order valence-electron chi connectivity index (χ3n) is 6.34. The Bertz CT molecular complexity index is 1440. The number of fused-ring (bicyclic) bond motifs is 1. The fourth-order valence-electron chi connectivity index (χ4n) is 4.39. The van der Waals surface area contributed by atoms with Gasteiger partial charge in [-0.2, -0.15) is 5.26 Å². The van der Waals surface area contributed by atoms with Crippen LogP contribution in [-0.2, 0) is 9.53 Å². The summed E-state index contributed by atoms with van der Waals surface area (Å²) in [5.41, 5.74) is 3.28. The number of likely N-dealkylation sites (N-methyl/N-ethyl adjacent to an activating group) is 1. The second kappa shape index (κ2) is 13.5. The van der Waals surface area contributed by atoms with Crippen LogP contribution in [0.5, 0.6) is 11.5 Å². The van der Waals surface area contributed by atoms with E-state index in [1.54, 1.807) is 31.2 Å². The smallest absolute Gasteiger partial charge is 0.248 e. The van der Waals surface area contributed by atoms with Crippen molar-refractivity contribution in [3.63, 3.8) is 0 Å². The van der Waals surface area contributed by atoms with Crippen molar-refractivity contribution >= 4 is 45.5 Å². The maximum Gasteiger partial charge on any atom is 0.248 e. The van der Waals surface area contributed by atoms with Gasteiger partial charge in [-0.05, 0) is 52.2 Å². The molecule has 0 spiro atoms. The van der Waals surface area contributed by atoms with E-state index in [1.165, 1.54) is 6.08 Å². The Morgan fingerprint density at radius 3 is 2.70 bits per heavy atom. The van der Waals surface area contributed by atoms with E-state index in [1.807, 2.05) is 38.1 Å². The number of aryl methyl sites for hydroxylation is 1. The summed E-state index contributed by atoms with van der Waals surface area (Å²) in [6.45, 7) is 6.04. The van der Waals surface area contributed by atoms with Crippen molar-refractivity contribution in [2.75, 3.05) is 51.1 Å². The summed E-state index contributed by atoms with van der Waals surface area (Å²) in [4.78, 5) is 19.3. The van der Waals surface area contributed by atoms with Crippen molar-refractivity contribution in [3.05, 3.63) is 58.8 Å². The molecule has 40 heavy (non-hydrogen) atoms.